The third kappa shape index (κ3) is 4.36. The Kier molecular flexibility index (Phi) is 5.62. The Morgan fingerprint density at radius 1 is 1.25 bits per heavy atom. The molecule has 0 unspecified atom stereocenters. The summed E-state index contributed by atoms with van der Waals surface area (Å²) in [7, 11) is -3.69. The van der Waals surface area contributed by atoms with Gasteiger partial charge >= 0.3 is 5.97 Å². The van der Waals surface area contributed by atoms with Crippen molar-refractivity contribution in [2.24, 2.45) is 0 Å². The van der Waals surface area contributed by atoms with Gasteiger partial charge in [0.1, 0.15) is 5.75 Å². The highest BCUT2D eigenvalue weighted by Crippen LogP contribution is 2.23. The monoisotopic (exact) mass is 363 g/mol. The van der Waals surface area contributed by atoms with Gasteiger partial charge in [-0.3, -0.25) is 0 Å². The van der Waals surface area contributed by atoms with Crippen LogP contribution in [0.2, 0.25) is 5.02 Å². The predicted molar refractivity (Wildman–Crippen MR) is 91.6 cm³/mol. The van der Waals surface area contributed by atoms with Crippen molar-refractivity contribution in [3.8, 4) is 18.1 Å². The number of benzene rings is 2. The molecule has 24 heavy (non-hydrogen) atoms. The van der Waals surface area contributed by atoms with E-state index in [2.05, 4.69) is 10.6 Å². The number of hydrogen-bond donors (Lipinski definition) is 1. The second-order valence-electron chi connectivity index (χ2n) is 4.85. The van der Waals surface area contributed by atoms with Gasteiger partial charge in [0, 0.05) is 5.02 Å². The van der Waals surface area contributed by atoms with E-state index in [0.29, 0.717) is 16.3 Å². The van der Waals surface area contributed by atoms with E-state index in [9.17, 15) is 13.2 Å². The fraction of sp³-hybridized carbons (Fsp3) is 0.118. The molecule has 0 radical (unpaired) electrons. The predicted octanol–water partition coefficient (Wildman–Crippen LogP) is 2.78. The van der Waals surface area contributed by atoms with E-state index in [1.807, 2.05) is 0 Å². The zero-order valence-electron chi connectivity index (χ0n) is 12.7. The van der Waals surface area contributed by atoms with E-state index in [1.54, 1.807) is 25.1 Å². The van der Waals surface area contributed by atoms with Crippen LogP contribution in [-0.2, 0) is 10.0 Å². The van der Waals surface area contributed by atoms with Crippen LogP contribution in [0.4, 0.5) is 0 Å². The van der Waals surface area contributed by atoms with E-state index < -0.39 is 16.0 Å². The van der Waals surface area contributed by atoms with Gasteiger partial charge in [-0.2, -0.15) is 4.72 Å². The molecule has 0 aliphatic carbocycles. The molecule has 0 aromatic heterocycles. The van der Waals surface area contributed by atoms with Crippen LogP contribution in [0.25, 0.3) is 0 Å². The Balaban J connectivity index is 2.16. The Morgan fingerprint density at radius 3 is 2.50 bits per heavy atom. The van der Waals surface area contributed by atoms with Gasteiger partial charge in [0.2, 0.25) is 10.0 Å². The van der Waals surface area contributed by atoms with E-state index in [-0.39, 0.29) is 17.0 Å². The standard InChI is InChI=1S/C17H14ClNO4S/c1-3-10-19-24(21,22)15-7-4-13(5-8-15)17(20)23-16-9-6-14(18)11-12(16)2/h1,4-9,11,19H,10H2,2H3. The second-order valence-corrected chi connectivity index (χ2v) is 7.06. The fourth-order valence-corrected chi connectivity index (χ4v) is 3.04. The number of sulfonamides is 1. The summed E-state index contributed by atoms with van der Waals surface area (Å²) in [6, 6.07) is 10.3. The summed E-state index contributed by atoms with van der Waals surface area (Å²) in [5.41, 5.74) is 0.939. The minimum Gasteiger partial charge on any atom is -0.423 e. The summed E-state index contributed by atoms with van der Waals surface area (Å²) in [5.74, 6) is 1.98. The molecule has 2 aromatic carbocycles. The van der Waals surface area contributed by atoms with Gasteiger partial charge in [-0.25, -0.2) is 13.2 Å². The van der Waals surface area contributed by atoms with Gasteiger partial charge in [0.15, 0.2) is 0 Å². The summed E-state index contributed by atoms with van der Waals surface area (Å²) in [6.45, 7) is 1.66. The van der Waals surface area contributed by atoms with Crippen LogP contribution < -0.4 is 9.46 Å². The molecular weight excluding hydrogens is 350 g/mol. The summed E-state index contributed by atoms with van der Waals surface area (Å²) >= 11 is 5.85. The Morgan fingerprint density at radius 2 is 1.92 bits per heavy atom. The fourth-order valence-electron chi connectivity index (χ4n) is 1.88. The Labute approximate surface area is 145 Å². The van der Waals surface area contributed by atoms with Crippen molar-refractivity contribution in [1.29, 1.82) is 0 Å². The molecule has 0 amide bonds. The highest BCUT2D eigenvalue weighted by atomic mass is 35.5. The lowest BCUT2D eigenvalue weighted by Gasteiger charge is -2.08. The van der Waals surface area contributed by atoms with Crippen LogP contribution in [-0.4, -0.2) is 20.9 Å². The van der Waals surface area contributed by atoms with Crippen LogP contribution in [0.5, 0.6) is 5.75 Å². The van der Waals surface area contributed by atoms with Crippen LogP contribution in [0, 0.1) is 19.3 Å². The van der Waals surface area contributed by atoms with Crippen molar-refractivity contribution < 1.29 is 17.9 Å². The maximum atomic E-state index is 12.1. The second kappa shape index (κ2) is 7.49. The minimum absolute atomic E-state index is 0.0111. The lowest BCUT2D eigenvalue weighted by atomic mass is 10.2. The molecule has 0 heterocycles. The zero-order chi connectivity index (χ0) is 17.7. The van der Waals surface area contributed by atoms with Gasteiger partial charge in [-0.1, -0.05) is 17.5 Å². The first-order valence-electron chi connectivity index (χ1n) is 6.85. The average Bonchev–Trinajstić information content (AvgIpc) is 2.55. The molecule has 7 heteroatoms. The smallest absolute Gasteiger partial charge is 0.343 e. The first kappa shape index (κ1) is 18.0. The quantitative estimate of drug-likeness (QED) is 0.503. The van der Waals surface area contributed by atoms with E-state index in [1.165, 1.54) is 24.3 Å². The number of halogens is 1. The maximum Gasteiger partial charge on any atom is 0.343 e. The number of esters is 1. The minimum atomic E-state index is -3.69. The highest BCUT2D eigenvalue weighted by Gasteiger charge is 2.15. The normalized spacial score (nSPS) is 10.9. The number of carbonyl (C=O) groups is 1. The third-order valence-corrected chi connectivity index (χ3v) is 4.76. The number of ether oxygens (including phenoxy) is 1. The van der Waals surface area contributed by atoms with Gasteiger partial charge < -0.3 is 4.74 Å². The molecule has 0 aliphatic rings. The van der Waals surface area contributed by atoms with Crippen molar-refractivity contribution in [2.75, 3.05) is 6.54 Å². The molecular formula is C17H14ClNO4S. The van der Waals surface area contributed by atoms with Gasteiger partial charge in [0.05, 0.1) is 17.0 Å². The van der Waals surface area contributed by atoms with Crippen LogP contribution in [0.15, 0.2) is 47.4 Å². The molecule has 0 aliphatic heterocycles. The third-order valence-electron chi connectivity index (χ3n) is 3.10. The summed E-state index contributed by atoms with van der Waals surface area (Å²) in [6.07, 6.45) is 5.03. The highest BCUT2D eigenvalue weighted by molar-refractivity contribution is 7.89. The van der Waals surface area contributed by atoms with Crippen molar-refractivity contribution in [2.45, 2.75) is 11.8 Å². The lowest BCUT2D eigenvalue weighted by molar-refractivity contribution is 0.0733. The molecule has 0 atom stereocenters. The van der Waals surface area contributed by atoms with E-state index in [0.717, 1.165) is 0 Å². The largest absolute Gasteiger partial charge is 0.423 e. The molecule has 2 aromatic rings. The van der Waals surface area contributed by atoms with Crippen molar-refractivity contribution >= 4 is 27.6 Å². The van der Waals surface area contributed by atoms with Crippen LogP contribution in [0.3, 0.4) is 0 Å². The molecule has 0 saturated carbocycles. The summed E-state index contributed by atoms with van der Waals surface area (Å²) < 4.78 is 31.3. The molecule has 1 N–H and O–H groups in total. The maximum absolute atomic E-state index is 12.1. The van der Waals surface area contributed by atoms with Gasteiger partial charge in [-0.05, 0) is 55.0 Å². The first-order chi connectivity index (χ1) is 11.3. The summed E-state index contributed by atoms with van der Waals surface area (Å²) in [4.78, 5) is 12.1. The molecule has 2 rings (SSSR count). The number of rotatable bonds is 5. The lowest BCUT2D eigenvalue weighted by Crippen LogP contribution is -2.24. The first-order valence-corrected chi connectivity index (χ1v) is 8.71. The van der Waals surface area contributed by atoms with Gasteiger partial charge in [-0.15, -0.1) is 6.42 Å². The number of nitrogens with one attached hydrogen (secondary N) is 1. The number of carbonyl (C=O) groups excluding carboxylic acids is 1. The van der Waals surface area contributed by atoms with Gasteiger partial charge in [0.25, 0.3) is 0 Å². The molecule has 0 fully saturated rings. The Bertz CT molecular complexity index is 899. The number of aryl methyl sites for hydroxylation is 1. The zero-order valence-corrected chi connectivity index (χ0v) is 14.3. The number of hydrogen-bond acceptors (Lipinski definition) is 4. The molecule has 124 valence electrons. The Hall–Kier alpha value is -2.33. The van der Waals surface area contributed by atoms with Crippen molar-refractivity contribution in [1.82, 2.24) is 4.72 Å². The molecule has 5 nitrogen and oxygen atoms in total. The van der Waals surface area contributed by atoms with Crippen LogP contribution in [0.1, 0.15) is 15.9 Å². The molecule has 0 spiro atoms. The number of terminal acetylenes is 1. The van der Waals surface area contributed by atoms with Crippen LogP contribution >= 0.6 is 11.6 Å². The topological polar surface area (TPSA) is 72.5 Å². The van der Waals surface area contributed by atoms with Crippen molar-refractivity contribution in [3.63, 3.8) is 0 Å². The molecule has 0 bridgehead atoms. The summed E-state index contributed by atoms with van der Waals surface area (Å²) in [5, 5.41) is 0.543. The average molecular weight is 364 g/mol. The van der Waals surface area contributed by atoms with E-state index >= 15 is 0 Å². The SMILES string of the molecule is C#CCNS(=O)(=O)c1ccc(C(=O)Oc2ccc(Cl)cc2C)cc1. The van der Waals surface area contributed by atoms with Crippen molar-refractivity contribution in [3.05, 3.63) is 58.6 Å². The molecule has 0 saturated heterocycles. The van der Waals surface area contributed by atoms with E-state index in [4.69, 9.17) is 22.8 Å².